The molecule has 0 saturated carbocycles. The number of alkyl halides is 3. The van der Waals surface area contributed by atoms with E-state index in [-0.39, 0.29) is 23.4 Å². The maximum absolute atomic E-state index is 13.1. The van der Waals surface area contributed by atoms with Crippen LogP contribution in [0.4, 0.5) is 19.0 Å². The van der Waals surface area contributed by atoms with Gasteiger partial charge in [0.25, 0.3) is 0 Å². The lowest BCUT2D eigenvalue weighted by Crippen LogP contribution is -2.41. The van der Waals surface area contributed by atoms with Crippen molar-refractivity contribution in [2.24, 2.45) is 5.92 Å². The maximum atomic E-state index is 13.1. The average molecular weight is 404 g/mol. The van der Waals surface area contributed by atoms with Crippen LogP contribution in [0.5, 0.6) is 5.75 Å². The fraction of sp³-hybridized carbons (Fsp3) is 0.500. The third-order valence-electron chi connectivity index (χ3n) is 4.49. The van der Waals surface area contributed by atoms with Crippen LogP contribution in [-0.4, -0.2) is 49.4 Å². The van der Waals surface area contributed by atoms with E-state index in [1.807, 2.05) is 4.90 Å². The summed E-state index contributed by atoms with van der Waals surface area (Å²) in [5.74, 6) is -0.527. The quantitative estimate of drug-likeness (QED) is 0.811. The Hall–Kier alpha value is -2.14. The van der Waals surface area contributed by atoms with Gasteiger partial charge in [0.05, 0.1) is 17.3 Å². The van der Waals surface area contributed by atoms with Crippen LogP contribution in [-0.2, 0) is 16.2 Å². The van der Waals surface area contributed by atoms with Gasteiger partial charge in [-0.3, -0.25) is 0 Å². The molecular formula is C16H19F3N4O3S. The standard InChI is InChI=1S/C16H19F3N4O3S/c1-27(25,26)22-7-10-3-2-4-23(8-10)15-11-5-12(16(17,18)19)14(24)6-13(11)20-9-21-15/h5-6,9-10,22,24H,2-4,7-8H2,1H3. The van der Waals surface area contributed by atoms with Crippen LogP contribution in [0.15, 0.2) is 18.5 Å². The number of sulfonamides is 1. The number of halogens is 3. The van der Waals surface area contributed by atoms with Gasteiger partial charge >= 0.3 is 6.18 Å². The molecule has 0 bridgehead atoms. The molecule has 1 aliphatic rings. The highest BCUT2D eigenvalue weighted by atomic mass is 32.2. The van der Waals surface area contributed by atoms with Crippen LogP contribution >= 0.6 is 0 Å². The summed E-state index contributed by atoms with van der Waals surface area (Å²) in [4.78, 5) is 9.94. The average Bonchev–Trinajstić information content (AvgIpc) is 2.57. The summed E-state index contributed by atoms with van der Waals surface area (Å²) >= 11 is 0. The van der Waals surface area contributed by atoms with Crippen LogP contribution in [0, 0.1) is 5.92 Å². The van der Waals surface area contributed by atoms with Gasteiger partial charge in [-0.05, 0) is 24.8 Å². The van der Waals surface area contributed by atoms with Gasteiger partial charge in [-0.2, -0.15) is 13.2 Å². The molecule has 1 aliphatic heterocycles. The van der Waals surface area contributed by atoms with E-state index in [2.05, 4.69) is 14.7 Å². The SMILES string of the molecule is CS(=O)(=O)NCC1CCCN(c2ncnc3cc(O)c(C(F)(F)F)cc23)C1. The summed E-state index contributed by atoms with van der Waals surface area (Å²) in [6.07, 6.45) is -0.822. The van der Waals surface area contributed by atoms with E-state index >= 15 is 0 Å². The van der Waals surface area contributed by atoms with Gasteiger partial charge in [0.15, 0.2) is 0 Å². The number of hydrogen-bond acceptors (Lipinski definition) is 6. The molecule has 2 N–H and O–H groups in total. The van der Waals surface area contributed by atoms with Gasteiger partial charge in [-0.1, -0.05) is 0 Å². The molecule has 2 aromatic rings. The highest BCUT2D eigenvalue weighted by Gasteiger charge is 2.35. The summed E-state index contributed by atoms with van der Waals surface area (Å²) in [6.45, 7) is 1.30. The summed E-state index contributed by atoms with van der Waals surface area (Å²) in [5.41, 5.74) is -0.930. The van der Waals surface area contributed by atoms with Crippen molar-refractivity contribution in [3.05, 3.63) is 24.0 Å². The Bertz CT molecular complexity index is 950. The van der Waals surface area contributed by atoms with Gasteiger partial charge in [0, 0.05) is 31.1 Å². The Morgan fingerprint density at radius 1 is 1.33 bits per heavy atom. The molecule has 0 aliphatic carbocycles. The Morgan fingerprint density at radius 2 is 2.07 bits per heavy atom. The van der Waals surface area contributed by atoms with Crippen molar-refractivity contribution >= 4 is 26.7 Å². The predicted molar refractivity (Wildman–Crippen MR) is 94.0 cm³/mol. The number of anilines is 1. The number of phenols is 1. The lowest BCUT2D eigenvalue weighted by Gasteiger charge is -2.34. The normalized spacial score (nSPS) is 18.8. The second-order valence-electron chi connectivity index (χ2n) is 6.66. The number of fused-ring (bicyclic) bond motifs is 1. The zero-order valence-corrected chi connectivity index (χ0v) is 15.3. The molecule has 0 spiro atoms. The number of benzene rings is 1. The number of aromatic hydroxyl groups is 1. The van der Waals surface area contributed by atoms with Crippen molar-refractivity contribution < 1.29 is 26.7 Å². The van der Waals surface area contributed by atoms with E-state index < -0.39 is 27.5 Å². The van der Waals surface area contributed by atoms with Gasteiger partial charge in [-0.25, -0.2) is 23.1 Å². The second kappa shape index (κ2) is 7.12. The molecule has 1 aromatic heterocycles. The molecular weight excluding hydrogens is 385 g/mol. The van der Waals surface area contributed by atoms with E-state index in [0.29, 0.717) is 18.9 Å². The van der Waals surface area contributed by atoms with Crippen molar-refractivity contribution in [2.45, 2.75) is 19.0 Å². The van der Waals surface area contributed by atoms with Crippen molar-refractivity contribution in [1.29, 1.82) is 0 Å². The molecule has 1 fully saturated rings. The largest absolute Gasteiger partial charge is 0.507 e. The lowest BCUT2D eigenvalue weighted by atomic mass is 9.98. The smallest absolute Gasteiger partial charge is 0.419 e. The van der Waals surface area contributed by atoms with Crippen LogP contribution in [0.1, 0.15) is 18.4 Å². The Morgan fingerprint density at radius 3 is 2.74 bits per heavy atom. The number of aromatic nitrogens is 2. The number of piperidine rings is 1. The number of rotatable bonds is 4. The van der Waals surface area contributed by atoms with Crippen LogP contribution < -0.4 is 9.62 Å². The van der Waals surface area contributed by atoms with Crippen molar-refractivity contribution in [1.82, 2.24) is 14.7 Å². The van der Waals surface area contributed by atoms with Crippen molar-refractivity contribution in [2.75, 3.05) is 30.8 Å². The molecule has 1 atom stereocenters. The van der Waals surface area contributed by atoms with Crippen molar-refractivity contribution in [3.63, 3.8) is 0 Å². The van der Waals surface area contributed by atoms with Gasteiger partial charge in [0.2, 0.25) is 10.0 Å². The van der Waals surface area contributed by atoms with Gasteiger partial charge in [0.1, 0.15) is 17.9 Å². The van der Waals surface area contributed by atoms with Gasteiger partial charge < -0.3 is 10.0 Å². The molecule has 2 heterocycles. The van der Waals surface area contributed by atoms with E-state index in [1.165, 1.54) is 6.33 Å². The fourth-order valence-corrected chi connectivity index (χ4v) is 3.79. The minimum Gasteiger partial charge on any atom is -0.507 e. The third-order valence-corrected chi connectivity index (χ3v) is 5.18. The first-order chi connectivity index (χ1) is 12.5. The third kappa shape index (κ3) is 4.59. The fourth-order valence-electron chi connectivity index (χ4n) is 3.25. The Kier molecular flexibility index (Phi) is 5.17. The van der Waals surface area contributed by atoms with E-state index in [0.717, 1.165) is 31.2 Å². The van der Waals surface area contributed by atoms with Crippen molar-refractivity contribution in [3.8, 4) is 5.75 Å². The second-order valence-corrected chi connectivity index (χ2v) is 8.49. The Labute approximate surface area is 154 Å². The van der Waals surface area contributed by atoms with E-state index in [4.69, 9.17) is 0 Å². The number of phenolic OH excluding ortho intramolecular Hbond substituents is 1. The molecule has 11 heteroatoms. The first-order valence-electron chi connectivity index (χ1n) is 8.29. The topological polar surface area (TPSA) is 95.4 Å². The van der Waals surface area contributed by atoms with Crippen LogP contribution in [0.2, 0.25) is 0 Å². The van der Waals surface area contributed by atoms with Crippen LogP contribution in [0.25, 0.3) is 10.9 Å². The highest BCUT2D eigenvalue weighted by Crippen LogP contribution is 2.39. The minimum absolute atomic E-state index is 0.0118. The molecule has 0 radical (unpaired) electrons. The number of nitrogens with zero attached hydrogens (tertiary/aromatic N) is 3. The van der Waals surface area contributed by atoms with Crippen LogP contribution in [0.3, 0.4) is 0 Å². The molecule has 0 amide bonds. The highest BCUT2D eigenvalue weighted by molar-refractivity contribution is 7.88. The minimum atomic E-state index is -4.70. The molecule has 1 unspecified atom stereocenters. The zero-order valence-electron chi connectivity index (χ0n) is 14.5. The first kappa shape index (κ1) is 19.6. The maximum Gasteiger partial charge on any atom is 0.419 e. The zero-order chi connectivity index (χ0) is 19.8. The molecule has 1 aromatic carbocycles. The summed E-state index contributed by atoms with van der Waals surface area (Å²) in [6, 6.07) is 1.84. The van der Waals surface area contributed by atoms with E-state index in [9.17, 15) is 26.7 Å². The molecule has 3 rings (SSSR count). The summed E-state index contributed by atoms with van der Waals surface area (Å²) < 4.78 is 64.5. The molecule has 1 saturated heterocycles. The lowest BCUT2D eigenvalue weighted by molar-refractivity contribution is -0.138. The monoisotopic (exact) mass is 404 g/mol. The summed E-state index contributed by atoms with van der Waals surface area (Å²) in [5, 5.41) is 9.87. The first-order valence-corrected chi connectivity index (χ1v) is 10.2. The molecule has 7 nitrogen and oxygen atoms in total. The molecule has 27 heavy (non-hydrogen) atoms. The Balaban J connectivity index is 1.93. The predicted octanol–water partition coefficient (Wildman–Crippen LogP) is 2.12. The van der Waals surface area contributed by atoms with Gasteiger partial charge in [-0.15, -0.1) is 0 Å². The van der Waals surface area contributed by atoms with E-state index in [1.54, 1.807) is 0 Å². The summed E-state index contributed by atoms with van der Waals surface area (Å²) in [7, 11) is -3.31. The molecule has 148 valence electrons. The number of nitrogens with one attached hydrogen (secondary N) is 1. The number of hydrogen-bond donors (Lipinski definition) is 2.